The van der Waals surface area contributed by atoms with Crippen LogP contribution < -0.4 is 4.74 Å². The molecular formula is C27H42N2O3. The predicted octanol–water partition coefficient (Wildman–Crippen LogP) is 6.00. The topological polar surface area (TPSA) is 35.9 Å². The number of rotatable bonds is 12. The van der Waals surface area contributed by atoms with Crippen molar-refractivity contribution >= 4 is 10.9 Å². The number of unbranched alkanes of at least 4 members (excludes halogenated alkanes) is 5. The van der Waals surface area contributed by atoms with Crippen molar-refractivity contribution in [3.63, 3.8) is 0 Å². The molecule has 0 amide bonds. The molecule has 1 aromatic carbocycles. The van der Waals surface area contributed by atoms with Crippen LogP contribution in [0.5, 0.6) is 5.75 Å². The molecule has 4 rings (SSSR count). The lowest BCUT2D eigenvalue weighted by molar-refractivity contribution is -0.283. The Morgan fingerprint density at radius 1 is 0.906 bits per heavy atom. The van der Waals surface area contributed by atoms with Gasteiger partial charge in [-0.2, -0.15) is 0 Å². The predicted molar refractivity (Wildman–Crippen MR) is 130 cm³/mol. The van der Waals surface area contributed by atoms with E-state index in [1.165, 1.54) is 49.4 Å². The first-order chi connectivity index (χ1) is 15.8. The van der Waals surface area contributed by atoms with Crippen molar-refractivity contribution < 1.29 is 14.2 Å². The summed E-state index contributed by atoms with van der Waals surface area (Å²) in [4.78, 5) is 2.52. The van der Waals surface area contributed by atoms with Gasteiger partial charge in [0.05, 0.1) is 19.8 Å². The van der Waals surface area contributed by atoms with Gasteiger partial charge in [0.15, 0.2) is 5.79 Å². The molecule has 0 saturated carbocycles. The van der Waals surface area contributed by atoms with Crippen LogP contribution in [0, 0.1) is 0 Å². The molecule has 2 aromatic rings. The van der Waals surface area contributed by atoms with Crippen LogP contribution in [0.1, 0.15) is 71.1 Å². The molecule has 1 spiro atoms. The van der Waals surface area contributed by atoms with Crippen molar-refractivity contribution in [1.29, 1.82) is 0 Å². The van der Waals surface area contributed by atoms with Gasteiger partial charge in [-0.1, -0.05) is 39.0 Å². The Hall–Kier alpha value is -1.56. The molecule has 0 radical (unpaired) electrons. The second-order valence-electron chi connectivity index (χ2n) is 9.50. The van der Waals surface area contributed by atoms with E-state index in [2.05, 4.69) is 46.9 Å². The van der Waals surface area contributed by atoms with Gasteiger partial charge in [-0.05, 0) is 43.5 Å². The number of fused-ring (bicyclic) bond motifs is 1. The Morgan fingerprint density at radius 3 is 2.50 bits per heavy atom. The van der Waals surface area contributed by atoms with Crippen molar-refractivity contribution in [3.8, 4) is 5.75 Å². The molecule has 0 bridgehead atoms. The largest absolute Gasteiger partial charge is 0.494 e. The molecule has 0 N–H and O–H groups in total. The fourth-order valence-corrected chi connectivity index (χ4v) is 5.03. The van der Waals surface area contributed by atoms with E-state index in [1.54, 1.807) is 0 Å². The normalized spacial score (nSPS) is 19.0. The monoisotopic (exact) mass is 442 g/mol. The molecule has 178 valence electrons. The molecule has 32 heavy (non-hydrogen) atoms. The summed E-state index contributed by atoms with van der Waals surface area (Å²) in [7, 11) is 0. The molecule has 0 atom stereocenters. The van der Waals surface area contributed by atoms with Crippen LogP contribution in [0.2, 0.25) is 0 Å². The highest BCUT2D eigenvalue weighted by atomic mass is 16.7. The van der Waals surface area contributed by atoms with Gasteiger partial charge >= 0.3 is 0 Å². The zero-order valence-corrected chi connectivity index (χ0v) is 20.0. The van der Waals surface area contributed by atoms with Gasteiger partial charge in [-0.25, -0.2) is 0 Å². The van der Waals surface area contributed by atoms with Gasteiger partial charge in [0.25, 0.3) is 0 Å². The first-order valence-corrected chi connectivity index (χ1v) is 13.0. The number of nitrogens with zero attached hydrogens (tertiary/aromatic N) is 2. The smallest absolute Gasteiger partial charge is 0.170 e. The Labute approximate surface area is 194 Å². The van der Waals surface area contributed by atoms with Crippen LogP contribution in [0.15, 0.2) is 30.5 Å². The van der Waals surface area contributed by atoms with Gasteiger partial charge in [0.1, 0.15) is 5.75 Å². The molecule has 1 aromatic heterocycles. The second kappa shape index (κ2) is 12.1. The van der Waals surface area contributed by atoms with E-state index in [0.717, 1.165) is 77.4 Å². The molecule has 0 unspecified atom stereocenters. The minimum atomic E-state index is -0.286. The van der Waals surface area contributed by atoms with Gasteiger partial charge in [-0.15, -0.1) is 0 Å². The molecule has 5 heteroatoms. The van der Waals surface area contributed by atoms with Gasteiger partial charge < -0.3 is 23.7 Å². The van der Waals surface area contributed by atoms with Crippen LogP contribution >= 0.6 is 0 Å². The third-order valence-corrected chi connectivity index (χ3v) is 7.02. The van der Waals surface area contributed by atoms with E-state index >= 15 is 0 Å². The Kier molecular flexibility index (Phi) is 8.89. The highest BCUT2D eigenvalue weighted by molar-refractivity contribution is 5.81. The summed E-state index contributed by atoms with van der Waals surface area (Å²) in [6.07, 6.45) is 14.3. The average Bonchev–Trinajstić information content (AvgIpc) is 3.23. The van der Waals surface area contributed by atoms with E-state index in [1.807, 2.05) is 0 Å². The first kappa shape index (κ1) is 23.6. The average molecular weight is 443 g/mol. The van der Waals surface area contributed by atoms with Crippen LogP contribution in [-0.2, 0) is 16.0 Å². The summed E-state index contributed by atoms with van der Waals surface area (Å²) in [5.74, 6) is 0.697. The molecule has 2 aliphatic rings. The molecule has 2 aliphatic heterocycles. The van der Waals surface area contributed by atoms with Gasteiger partial charge in [0.2, 0.25) is 0 Å². The molecular weight excluding hydrogens is 400 g/mol. The maximum atomic E-state index is 6.07. The lowest BCUT2D eigenvalue weighted by atomic mass is 10.0. The standard InChI is InChI=1S/C27H42N2O3/c1-2-3-4-5-6-7-16-29-17-12-24-23-25(10-11-26(24)29)30-20-8-15-28-18-13-27(14-19-28)31-21-9-22-32-27/h10-12,17,23H,2-9,13-16,18-22H2,1H3. The molecule has 2 saturated heterocycles. The van der Waals surface area contributed by atoms with E-state index in [4.69, 9.17) is 14.2 Å². The number of ether oxygens (including phenoxy) is 3. The number of aryl methyl sites for hydroxylation is 1. The van der Waals surface area contributed by atoms with Crippen molar-refractivity contribution in [1.82, 2.24) is 9.47 Å². The first-order valence-electron chi connectivity index (χ1n) is 13.0. The lowest BCUT2D eigenvalue weighted by Gasteiger charge is -2.43. The van der Waals surface area contributed by atoms with Crippen LogP contribution in [0.4, 0.5) is 0 Å². The lowest BCUT2D eigenvalue weighted by Crippen LogP contribution is -2.50. The van der Waals surface area contributed by atoms with E-state index in [9.17, 15) is 0 Å². The number of piperidine rings is 1. The second-order valence-corrected chi connectivity index (χ2v) is 9.50. The summed E-state index contributed by atoms with van der Waals surface area (Å²) < 4.78 is 20.3. The number of aromatic nitrogens is 1. The zero-order chi connectivity index (χ0) is 22.1. The van der Waals surface area contributed by atoms with Crippen LogP contribution in [0.25, 0.3) is 10.9 Å². The summed E-state index contributed by atoms with van der Waals surface area (Å²) >= 11 is 0. The maximum Gasteiger partial charge on any atom is 0.170 e. The molecule has 5 nitrogen and oxygen atoms in total. The highest BCUT2D eigenvalue weighted by Gasteiger charge is 2.37. The number of likely N-dealkylation sites (tertiary alicyclic amines) is 1. The van der Waals surface area contributed by atoms with Crippen LogP contribution in [-0.4, -0.2) is 54.7 Å². The fourth-order valence-electron chi connectivity index (χ4n) is 5.03. The Bertz CT molecular complexity index is 802. The summed E-state index contributed by atoms with van der Waals surface area (Å²) in [5.41, 5.74) is 1.32. The third-order valence-electron chi connectivity index (χ3n) is 7.02. The molecule has 0 aliphatic carbocycles. The Morgan fingerprint density at radius 2 is 1.69 bits per heavy atom. The highest BCUT2D eigenvalue weighted by Crippen LogP contribution is 2.30. The van der Waals surface area contributed by atoms with E-state index < -0.39 is 0 Å². The summed E-state index contributed by atoms with van der Waals surface area (Å²) in [6.45, 7) is 9.03. The molecule has 2 fully saturated rings. The summed E-state index contributed by atoms with van der Waals surface area (Å²) in [6, 6.07) is 8.76. The van der Waals surface area contributed by atoms with Crippen molar-refractivity contribution in [2.45, 2.75) is 83.5 Å². The van der Waals surface area contributed by atoms with Crippen LogP contribution in [0.3, 0.4) is 0 Å². The van der Waals surface area contributed by atoms with E-state index in [0.29, 0.717) is 0 Å². The number of hydrogen-bond donors (Lipinski definition) is 0. The Balaban J connectivity index is 1.14. The van der Waals surface area contributed by atoms with Crippen molar-refractivity contribution in [2.75, 3.05) is 39.5 Å². The molecule has 3 heterocycles. The fraction of sp³-hybridized carbons (Fsp3) is 0.704. The quantitative estimate of drug-likeness (QED) is 0.378. The van der Waals surface area contributed by atoms with Crippen molar-refractivity contribution in [3.05, 3.63) is 30.5 Å². The van der Waals surface area contributed by atoms with E-state index in [-0.39, 0.29) is 5.79 Å². The van der Waals surface area contributed by atoms with Gasteiger partial charge in [-0.3, -0.25) is 0 Å². The minimum absolute atomic E-state index is 0.286. The minimum Gasteiger partial charge on any atom is -0.494 e. The number of benzene rings is 1. The van der Waals surface area contributed by atoms with Gasteiger partial charge in [0, 0.05) is 56.1 Å². The SMILES string of the molecule is CCCCCCCCn1ccc2cc(OCCCN3CCC4(CC3)OCCCO4)ccc21. The number of hydrogen-bond acceptors (Lipinski definition) is 4. The van der Waals surface area contributed by atoms with Crippen molar-refractivity contribution in [2.24, 2.45) is 0 Å². The zero-order valence-electron chi connectivity index (χ0n) is 20.0. The third kappa shape index (κ3) is 6.49. The maximum absolute atomic E-state index is 6.07. The summed E-state index contributed by atoms with van der Waals surface area (Å²) in [5, 5.41) is 1.28.